The lowest BCUT2D eigenvalue weighted by Crippen LogP contribution is -2.24. The Morgan fingerprint density at radius 3 is 2.78 bits per heavy atom. The zero-order valence-corrected chi connectivity index (χ0v) is 10.8. The lowest BCUT2D eigenvalue weighted by Gasteiger charge is -2.32. The fraction of sp³-hybridized carbons (Fsp3) is 0.538. The quantitative estimate of drug-likeness (QED) is 0.903. The van der Waals surface area contributed by atoms with Gasteiger partial charge in [-0.2, -0.15) is 4.98 Å². The van der Waals surface area contributed by atoms with Crippen molar-refractivity contribution in [3.63, 3.8) is 0 Å². The van der Waals surface area contributed by atoms with E-state index in [-0.39, 0.29) is 0 Å². The molecule has 0 saturated heterocycles. The molecule has 1 aliphatic carbocycles. The minimum atomic E-state index is 0.350. The van der Waals surface area contributed by atoms with Crippen LogP contribution in [-0.2, 0) is 0 Å². The van der Waals surface area contributed by atoms with Crippen LogP contribution in [0.15, 0.2) is 12.1 Å². The first-order chi connectivity index (χ1) is 8.70. The van der Waals surface area contributed by atoms with E-state index in [2.05, 4.69) is 16.9 Å². The van der Waals surface area contributed by atoms with Gasteiger partial charge in [-0.3, -0.25) is 4.57 Å². The van der Waals surface area contributed by atoms with Crippen molar-refractivity contribution in [2.75, 3.05) is 12.8 Å². The zero-order chi connectivity index (χ0) is 12.7. The molecular weight excluding hydrogens is 228 g/mol. The molecule has 2 aromatic heterocycles. The molecule has 96 valence electrons. The molecule has 0 aliphatic heterocycles. The predicted octanol–water partition coefficient (Wildman–Crippen LogP) is 2.38. The maximum atomic E-state index is 6.03. The summed E-state index contributed by atoms with van der Waals surface area (Å²) in [5.41, 5.74) is 7.69. The van der Waals surface area contributed by atoms with E-state index in [0.29, 0.717) is 23.8 Å². The second-order valence-corrected chi connectivity index (χ2v) is 4.97. The molecule has 0 spiro atoms. The fourth-order valence-corrected chi connectivity index (χ4v) is 2.62. The van der Waals surface area contributed by atoms with Crippen LogP contribution in [0.1, 0.15) is 32.2 Å². The predicted molar refractivity (Wildman–Crippen MR) is 70.5 cm³/mol. The van der Waals surface area contributed by atoms with Crippen LogP contribution in [0.2, 0.25) is 0 Å². The van der Waals surface area contributed by atoms with Gasteiger partial charge in [-0.15, -0.1) is 0 Å². The standard InChI is InChI=1S/C13H18N4O/c1-8(9-4-3-5-9)17-12-10(15-13(17)14)6-7-11(16-12)18-2/h6-9H,3-5H2,1-2H3,(H2,14,15). The van der Waals surface area contributed by atoms with Gasteiger partial charge in [-0.1, -0.05) is 6.42 Å². The topological polar surface area (TPSA) is 66.0 Å². The maximum absolute atomic E-state index is 6.03. The van der Waals surface area contributed by atoms with Crippen LogP contribution in [0, 0.1) is 5.92 Å². The number of hydrogen-bond acceptors (Lipinski definition) is 4. The number of ether oxygens (including phenoxy) is 1. The van der Waals surface area contributed by atoms with Crippen molar-refractivity contribution in [1.82, 2.24) is 14.5 Å². The Bertz CT molecular complexity index is 574. The summed E-state index contributed by atoms with van der Waals surface area (Å²) in [6.45, 7) is 2.20. The number of nitrogens with two attached hydrogens (primary N) is 1. The molecule has 1 fully saturated rings. The largest absolute Gasteiger partial charge is 0.481 e. The maximum Gasteiger partial charge on any atom is 0.215 e. The smallest absolute Gasteiger partial charge is 0.215 e. The lowest BCUT2D eigenvalue weighted by molar-refractivity contribution is 0.227. The van der Waals surface area contributed by atoms with Crippen molar-refractivity contribution in [3.05, 3.63) is 12.1 Å². The summed E-state index contributed by atoms with van der Waals surface area (Å²) in [4.78, 5) is 8.85. The fourth-order valence-electron chi connectivity index (χ4n) is 2.62. The monoisotopic (exact) mass is 246 g/mol. The third kappa shape index (κ3) is 1.62. The Kier molecular flexibility index (Phi) is 2.61. The van der Waals surface area contributed by atoms with E-state index in [4.69, 9.17) is 10.5 Å². The first-order valence-electron chi connectivity index (χ1n) is 6.39. The van der Waals surface area contributed by atoms with Crippen LogP contribution in [-0.4, -0.2) is 21.6 Å². The number of nitrogen functional groups attached to an aromatic ring is 1. The highest BCUT2D eigenvalue weighted by atomic mass is 16.5. The summed E-state index contributed by atoms with van der Waals surface area (Å²) in [6.07, 6.45) is 3.85. The zero-order valence-electron chi connectivity index (χ0n) is 10.8. The highest BCUT2D eigenvalue weighted by molar-refractivity contribution is 5.75. The third-order valence-electron chi connectivity index (χ3n) is 3.99. The Balaban J connectivity index is 2.10. The van der Waals surface area contributed by atoms with E-state index in [1.165, 1.54) is 19.3 Å². The number of pyridine rings is 1. The average Bonchev–Trinajstić information content (AvgIpc) is 2.61. The number of imidazole rings is 1. The molecule has 5 heteroatoms. The number of aromatic nitrogens is 3. The Labute approximate surface area is 106 Å². The van der Waals surface area contributed by atoms with Crippen molar-refractivity contribution in [1.29, 1.82) is 0 Å². The average molecular weight is 246 g/mol. The molecule has 0 bridgehead atoms. The molecule has 18 heavy (non-hydrogen) atoms. The minimum absolute atomic E-state index is 0.350. The van der Waals surface area contributed by atoms with Crippen molar-refractivity contribution in [2.45, 2.75) is 32.2 Å². The SMILES string of the molecule is COc1ccc2nc(N)n(C(C)C3CCC3)c2n1. The molecule has 3 rings (SSSR count). The van der Waals surface area contributed by atoms with Gasteiger partial charge < -0.3 is 10.5 Å². The van der Waals surface area contributed by atoms with E-state index in [9.17, 15) is 0 Å². The minimum Gasteiger partial charge on any atom is -0.481 e. The molecule has 0 aromatic carbocycles. The number of rotatable bonds is 3. The van der Waals surface area contributed by atoms with E-state index in [1.807, 2.05) is 16.7 Å². The molecule has 1 saturated carbocycles. The Morgan fingerprint density at radius 2 is 2.17 bits per heavy atom. The summed E-state index contributed by atoms with van der Waals surface area (Å²) < 4.78 is 7.22. The van der Waals surface area contributed by atoms with Gasteiger partial charge in [0.25, 0.3) is 0 Å². The van der Waals surface area contributed by atoms with Gasteiger partial charge in [0.1, 0.15) is 5.52 Å². The van der Waals surface area contributed by atoms with Gasteiger partial charge in [0.15, 0.2) is 5.65 Å². The second-order valence-electron chi connectivity index (χ2n) is 4.97. The summed E-state index contributed by atoms with van der Waals surface area (Å²) in [7, 11) is 1.62. The summed E-state index contributed by atoms with van der Waals surface area (Å²) in [5.74, 6) is 1.84. The van der Waals surface area contributed by atoms with Crippen LogP contribution in [0.4, 0.5) is 5.95 Å². The van der Waals surface area contributed by atoms with Crippen molar-refractivity contribution in [3.8, 4) is 5.88 Å². The van der Waals surface area contributed by atoms with Crippen LogP contribution < -0.4 is 10.5 Å². The van der Waals surface area contributed by atoms with Crippen molar-refractivity contribution >= 4 is 17.1 Å². The van der Waals surface area contributed by atoms with E-state index < -0.39 is 0 Å². The van der Waals surface area contributed by atoms with Gasteiger partial charge in [0.05, 0.1) is 7.11 Å². The molecule has 2 N–H and O–H groups in total. The molecule has 0 radical (unpaired) electrons. The molecule has 1 aliphatic rings. The number of methoxy groups -OCH3 is 1. The first-order valence-corrected chi connectivity index (χ1v) is 6.39. The van der Waals surface area contributed by atoms with E-state index in [1.54, 1.807) is 7.11 Å². The van der Waals surface area contributed by atoms with E-state index in [0.717, 1.165) is 11.2 Å². The van der Waals surface area contributed by atoms with E-state index >= 15 is 0 Å². The normalized spacial score (nSPS) is 17.7. The van der Waals surface area contributed by atoms with Crippen LogP contribution in [0.5, 0.6) is 5.88 Å². The molecule has 2 aromatic rings. The van der Waals surface area contributed by atoms with Crippen LogP contribution in [0.3, 0.4) is 0 Å². The van der Waals surface area contributed by atoms with Gasteiger partial charge in [0, 0.05) is 12.1 Å². The van der Waals surface area contributed by atoms with Crippen LogP contribution >= 0.6 is 0 Å². The number of fused-ring (bicyclic) bond motifs is 1. The van der Waals surface area contributed by atoms with Crippen molar-refractivity contribution in [2.24, 2.45) is 5.92 Å². The molecule has 5 nitrogen and oxygen atoms in total. The second kappa shape index (κ2) is 4.15. The molecule has 1 unspecified atom stereocenters. The lowest BCUT2D eigenvalue weighted by atomic mass is 9.80. The molecular formula is C13H18N4O. The summed E-state index contributed by atoms with van der Waals surface area (Å²) in [6, 6.07) is 4.07. The summed E-state index contributed by atoms with van der Waals surface area (Å²) in [5, 5.41) is 0. The van der Waals surface area contributed by atoms with Gasteiger partial charge in [0.2, 0.25) is 11.8 Å². The summed E-state index contributed by atoms with van der Waals surface area (Å²) >= 11 is 0. The third-order valence-corrected chi connectivity index (χ3v) is 3.99. The number of anilines is 1. The highest BCUT2D eigenvalue weighted by Crippen LogP contribution is 2.38. The first kappa shape index (κ1) is 11.3. The van der Waals surface area contributed by atoms with Crippen molar-refractivity contribution < 1.29 is 4.74 Å². The van der Waals surface area contributed by atoms with Crippen LogP contribution in [0.25, 0.3) is 11.2 Å². The van der Waals surface area contributed by atoms with Gasteiger partial charge in [-0.05, 0) is 31.7 Å². The Morgan fingerprint density at radius 1 is 1.39 bits per heavy atom. The molecule has 2 heterocycles. The highest BCUT2D eigenvalue weighted by Gasteiger charge is 2.28. The molecule has 0 amide bonds. The van der Waals surface area contributed by atoms with Gasteiger partial charge in [-0.25, -0.2) is 4.98 Å². The Hall–Kier alpha value is -1.78. The number of hydrogen-bond donors (Lipinski definition) is 1. The number of nitrogens with zero attached hydrogens (tertiary/aromatic N) is 3. The molecule has 1 atom stereocenters. The van der Waals surface area contributed by atoms with Gasteiger partial charge >= 0.3 is 0 Å².